The molecule has 2 aromatic rings. The van der Waals surface area contributed by atoms with E-state index in [-0.39, 0.29) is 18.1 Å². The number of carboxylic acid groups (broad SMARTS) is 1. The van der Waals surface area contributed by atoms with E-state index in [9.17, 15) is 9.18 Å². The average Bonchev–Trinajstić information content (AvgIpc) is 2.64. The number of rotatable bonds is 3. The highest BCUT2D eigenvalue weighted by Crippen LogP contribution is 2.10. The maximum absolute atomic E-state index is 13.4. The van der Waals surface area contributed by atoms with Crippen LogP contribution < -0.4 is 0 Å². The Hall–Kier alpha value is -2.24. The molecule has 1 N–H and O–H groups in total. The summed E-state index contributed by atoms with van der Waals surface area (Å²) in [6.45, 7) is 1.75. The molecule has 1 aromatic carbocycles. The van der Waals surface area contributed by atoms with Crippen LogP contribution in [0.15, 0.2) is 24.3 Å². The van der Waals surface area contributed by atoms with E-state index in [1.165, 1.54) is 10.7 Å². The van der Waals surface area contributed by atoms with Gasteiger partial charge in [0.2, 0.25) is 0 Å². The molecule has 0 aliphatic rings. The lowest BCUT2D eigenvalue weighted by molar-refractivity contribution is 0.0689. The Bertz CT molecular complexity index is 566. The van der Waals surface area contributed by atoms with Crippen molar-refractivity contribution in [3.63, 3.8) is 0 Å². The van der Waals surface area contributed by atoms with Gasteiger partial charge in [-0.15, -0.1) is 5.10 Å². The van der Waals surface area contributed by atoms with Crippen molar-refractivity contribution in [2.75, 3.05) is 0 Å². The molecule has 1 aromatic heterocycles. The summed E-state index contributed by atoms with van der Waals surface area (Å²) in [5.41, 5.74) is 0.736. The molecule has 2 rings (SSSR count). The van der Waals surface area contributed by atoms with Crippen LogP contribution in [0.2, 0.25) is 0 Å². The third kappa shape index (κ3) is 2.15. The van der Waals surface area contributed by atoms with Gasteiger partial charge in [0.15, 0.2) is 5.69 Å². The van der Waals surface area contributed by atoms with Gasteiger partial charge >= 0.3 is 5.97 Å². The Morgan fingerprint density at radius 3 is 2.76 bits per heavy atom. The maximum atomic E-state index is 13.4. The second-order valence-electron chi connectivity index (χ2n) is 3.58. The van der Waals surface area contributed by atoms with Gasteiger partial charge in [0, 0.05) is 5.56 Å². The van der Waals surface area contributed by atoms with Crippen molar-refractivity contribution in [3.8, 4) is 0 Å². The summed E-state index contributed by atoms with van der Waals surface area (Å²) in [6.07, 6.45) is 0. The Morgan fingerprint density at radius 1 is 1.47 bits per heavy atom. The summed E-state index contributed by atoms with van der Waals surface area (Å²) >= 11 is 0. The molecule has 5 nitrogen and oxygen atoms in total. The van der Waals surface area contributed by atoms with E-state index in [0.717, 1.165) is 0 Å². The predicted octanol–water partition coefficient (Wildman–Crippen LogP) is 1.47. The second kappa shape index (κ2) is 4.32. The van der Waals surface area contributed by atoms with E-state index in [2.05, 4.69) is 10.3 Å². The highest BCUT2D eigenvalue weighted by atomic mass is 19.1. The van der Waals surface area contributed by atoms with E-state index in [1.54, 1.807) is 25.1 Å². The summed E-state index contributed by atoms with van der Waals surface area (Å²) < 4.78 is 14.8. The summed E-state index contributed by atoms with van der Waals surface area (Å²) in [4.78, 5) is 10.8. The lowest BCUT2D eigenvalue weighted by Crippen LogP contribution is -2.07. The van der Waals surface area contributed by atoms with E-state index >= 15 is 0 Å². The van der Waals surface area contributed by atoms with Gasteiger partial charge in [-0.1, -0.05) is 23.4 Å². The molecule has 88 valence electrons. The molecule has 17 heavy (non-hydrogen) atoms. The first kappa shape index (κ1) is 11.3. The molecule has 0 unspecified atom stereocenters. The third-order valence-corrected chi connectivity index (χ3v) is 2.46. The van der Waals surface area contributed by atoms with Gasteiger partial charge in [0.1, 0.15) is 5.82 Å². The van der Waals surface area contributed by atoms with Crippen molar-refractivity contribution < 1.29 is 14.3 Å². The van der Waals surface area contributed by atoms with Gasteiger partial charge in [0.25, 0.3) is 0 Å². The van der Waals surface area contributed by atoms with Crippen LogP contribution in [0.4, 0.5) is 4.39 Å². The Labute approximate surface area is 96.5 Å². The number of carbonyl (C=O) groups is 1. The zero-order chi connectivity index (χ0) is 12.4. The zero-order valence-electron chi connectivity index (χ0n) is 9.09. The number of benzene rings is 1. The molecule has 0 saturated heterocycles. The topological polar surface area (TPSA) is 68.0 Å². The van der Waals surface area contributed by atoms with Crippen LogP contribution in [-0.2, 0) is 6.54 Å². The summed E-state index contributed by atoms with van der Waals surface area (Å²) in [5.74, 6) is -1.48. The van der Waals surface area contributed by atoms with Crippen LogP contribution in [-0.4, -0.2) is 26.1 Å². The molecule has 0 fully saturated rings. The van der Waals surface area contributed by atoms with Crippen molar-refractivity contribution in [3.05, 3.63) is 47.0 Å². The average molecular weight is 235 g/mol. The predicted molar refractivity (Wildman–Crippen MR) is 57.2 cm³/mol. The molecular weight excluding hydrogens is 225 g/mol. The van der Waals surface area contributed by atoms with Gasteiger partial charge in [-0.25, -0.2) is 13.9 Å². The normalized spacial score (nSPS) is 10.5. The number of halogens is 1. The smallest absolute Gasteiger partial charge is 0.358 e. The van der Waals surface area contributed by atoms with Gasteiger partial charge in [-0.05, 0) is 13.0 Å². The third-order valence-electron chi connectivity index (χ3n) is 2.46. The minimum absolute atomic E-state index is 0.110. The van der Waals surface area contributed by atoms with Gasteiger partial charge in [0.05, 0.1) is 12.2 Å². The first-order valence-corrected chi connectivity index (χ1v) is 4.96. The fourth-order valence-electron chi connectivity index (χ4n) is 1.50. The number of aromatic carboxylic acids is 1. The fourth-order valence-corrected chi connectivity index (χ4v) is 1.50. The minimum Gasteiger partial charge on any atom is -0.476 e. The van der Waals surface area contributed by atoms with Crippen molar-refractivity contribution >= 4 is 5.97 Å². The number of nitrogens with zero attached hydrogens (tertiary/aromatic N) is 3. The Kier molecular flexibility index (Phi) is 2.86. The number of hydrogen-bond acceptors (Lipinski definition) is 3. The molecule has 0 atom stereocenters. The number of carboxylic acids is 1. The molecule has 0 bridgehead atoms. The molecular formula is C11H10FN3O2. The maximum Gasteiger partial charge on any atom is 0.358 e. The molecule has 0 saturated carbocycles. The molecule has 6 heteroatoms. The van der Waals surface area contributed by atoms with E-state index in [4.69, 9.17) is 5.11 Å². The molecule has 0 amide bonds. The molecule has 0 aliphatic carbocycles. The van der Waals surface area contributed by atoms with Crippen LogP contribution >= 0.6 is 0 Å². The van der Waals surface area contributed by atoms with Crippen LogP contribution in [0.25, 0.3) is 0 Å². The fraction of sp³-hybridized carbons (Fsp3) is 0.182. The summed E-state index contributed by atoms with van der Waals surface area (Å²) in [6, 6.07) is 6.27. The van der Waals surface area contributed by atoms with Crippen molar-refractivity contribution in [2.45, 2.75) is 13.5 Å². The molecule has 1 heterocycles. The van der Waals surface area contributed by atoms with Gasteiger partial charge < -0.3 is 5.11 Å². The van der Waals surface area contributed by atoms with Crippen molar-refractivity contribution in [1.82, 2.24) is 15.0 Å². The largest absolute Gasteiger partial charge is 0.476 e. The summed E-state index contributed by atoms with van der Waals surface area (Å²) in [5, 5.41) is 16.0. The molecule has 0 aliphatic heterocycles. The number of aromatic nitrogens is 3. The lowest BCUT2D eigenvalue weighted by atomic mass is 10.2. The van der Waals surface area contributed by atoms with Crippen LogP contribution in [0.3, 0.4) is 0 Å². The highest BCUT2D eigenvalue weighted by molar-refractivity contribution is 5.86. The van der Waals surface area contributed by atoms with E-state index in [0.29, 0.717) is 11.3 Å². The van der Waals surface area contributed by atoms with E-state index in [1.807, 2.05) is 0 Å². The molecule has 0 spiro atoms. The summed E-state index contributed by atoms with van der Waals surface area (Å²) in [7, 11) is 0. The highest BCUT2D eigenvalue weighted by Gasteiger charge is 2.15. The van der Waals surface area contributed by atoms with Crippen LogP contribution in [0, 0.1) is 12.7 Å². The second-order valence-corrected chi connectivity index (χ2v) is 3.58. The van der Waals surface area contributed by atoms with Crippen molar-refractivity contribution in [2.24, 2.45) is 0 Å². The molecule has 0 radical (unpaired) electrons. The SMILES string of the molecule is Cc1c(C(=O)O)nnn1Cc1ccccc1F. The zero-order valence-corrected chi connectivity index (χ0v) is 9.09. The standard InChI is InChI=1S/C11H10FN3O2/c1-7-10(11(16)17)13-14-15(7)6-8-4-2-3-5-9(8)12/h2-5H,6H2,1H3,(H,16,17). The van der Waals surface area contributed by atoms with E-state index < -0.39 is 5.97 Å². The van der Waals surface area contributed by atoms with Crippen LogP contribution in [0.1, 0.15) is 21.7 Å². The first-order valence-electron chi connectivity index (χ1n) is 4.96. The van der Waals surface area contributed by atoms with Gasteiger partial charge in [-0.3, -0.25) is 0 Å². The lowest BCUT2D eigenvalue weighted by Gasteiger charge is -2.04. The van der Waals surface area contributed by atoms with Gasteiger partial charge in [-0.2, -0.15) is 0 Å². The Balaban J connectivity index is 2.31. The Morgan fingerprint density at radius 2 is 2.18 bits per heavy atom. The monoisotopic (exact) mass is 235 g/mol. The first-order chi connectivity index (χ1) is 8.09. The minimum atomic E-state index is -1.14. The van der Waals surface area contributed by atoms with Crippen LogP contribution in [0.5, 0.6) is 0 Å². The number of hydrogen-bond donors (Lipinski definition) is 1. The quantitative estimate of drug-likeness (QED) is 0.874. The van der Waals surface area contributed by atoms with Crippen molar-refractivity contribution in [1.29, 1.82) is 0 Å².